The zero-order valence-electron chi connectivity index (χ0n) is 13.5. The van der Waals surface area contributed by atoms with E-state index in [2.05, 4.69) is 5.32 Å². The molecule has 0 saturated carbocycles. The third-order valence-electron chi connectivity index (χ3n) is 3.56. The molecule has 0 bridgehead atoms. The average molecular weight is 309 g/mol. The van der Waals surface area contributed by atoms with Crippen LogP contribution in [0.15, 0.2) is 18.2 Å². The Kier molecular flexibility index (Phi) is 4.75. The lowest BCUT2D eigenvalue weighted by Gasteiger charge is -2.42. The third-order valence-corrected chi connectivity index (χ3v) is 3.56. The first-order valence-corrected chi connectivity index (χ1v) is 7.31. The van der Waals surface area contributed by atoms with Crippen LogP contribution >= 0.6 is 0 Å². The number of carboxylic acid groups (broad SMARTS) is 1. The molecule has 1 aliphatic rings. The summed E-state index contributed by atoms with van der Waals surface area (Å²) in [4.78, 5) is 21.8. The molecule has 1 fully saturated rings. The van der Waals surface area contributed by atoms with E-state index < -0.39 is 24.1 Å². The Hall–Kier alpha value is -1.63. The molecule has 0 aromatic heterocycles. The van der Waals surface area contributed by atoms with Gasteiger partial charge in [-0.1, -0.05) is 13.8 Å². The van der Waals surface area contributed by atoms with Gasteiger partial charge in [-0.15, -0.1) is 0 Å². The van der Waals surface area contributed by atoms with E-state index in [9.17, 15) is 4.79 Å². The molecule has 0 radical (unpaired) electrons. The lowest BCUT2D eigenvalue weighted by molar-refractivity contribution is -0.485. The molecule has 0 aliphatic carbocycles. The number of benzene rings is 1. The molecule has 1 aromatic rings. The van der Waals surface area contributed by atoms with E-state index >= 15 is 0 Å². The standard InChI is InChI=1S/C16H23NO5/c1-9(2)14-20-15(16(4,5)22-21-14)17-11-6-7-12(13(18)19)10(3)8-11/h6-9,14-15,17H,1-5H3,(H,18,19). The number of hydrogen-bond donors (Lipinski definition) is 2. The molecule has 0 spiro atoms. The van der Waals surface area contributed by atoms with E-state index in [4.69, 9.17) is 19.6 Å². The van der Waals surface area contributed by atoms with E-state index in [-0.39, 0.29) is 11.5 Å². The maximum atomic E-state index is 11.1. The molecule has 6 heteroatoms. The second-order valence-corrected chi connectivity index (χ2v) is 6.39. The van der Waals surface area contributed by atoms with E-state index in [1.807, 2.05) is 27.7 Å². The lowest BCUT2D eigenvalue weighted by Crippen LogP contribution is -2.54. The van der Waals surface area contributed by atoms with Crippen molar-refractivity contribution in [1.29, 1.82) is 0 Å². The van der Waals surface area contributed by atoms with Crippen molar-refractivity contribution in [2.24, 2.45) is 5.92 Å². The average Bonchev–Trinajstić information content (AvgIpc) is 2.40. The molecule has 122 valence electrons. The summed E-state index contributed by atoms with van der Waals surface area (Å²) in [7, 11) is 0. The minimum atomic E-state index is -0.935. The van der Waals surface area contributed by atoms with E-state index in [0.717, 1.165) is 5.69 Å². The number of hydrogen-bond acceptors (Lipinski definition) is 5. The number of rotatable bonds is 4. The first-order valence-electron chi connectivity index (χ1n) is 7.31. The normalized spacial score (nSPS) is 24.3. The van der Waals surface area contributed by atoms with Crippen molar-refractivity contribution in [3.8, 4) is 0 Å². The SMILES string of the molecule is Cc1cc(NC2OC(C(C)C)OOC2(C)C)ccc1C(=O)O. The summed E-state index contributed by atoms with van der Waals surface area (Å²) in [5.41, 5.74) is 1.07. The van der Waals surface area contributed by atoms with Gasteiger partial charge in [0.1, 0.15) is 5.60 Å². The zero-order chi connectivity index (χ0) is 16.5. The summed E-state index contributed by atoms with van der Waals surface area (Å²) < 4.78 is 5.91. The van der Waals surface area contributed by atoms with Crippen LogP contribution in [0.2, 0.25) is 0 Å². The van der Waals surface area contributed by atoms with Crippen LogP contribution in [0.4, 0.5) is 5.69 Å². The van der Waals surface area contributed by atoms with Gasteiger partial charge in [-0.3, -0.25) is 0 Å². The minimum Gasteiger partial charge on any atom is -0.478 e. The molecule has 2 rings (SSSR count). The van der Waals surface area contributed by atoms with Gasteiger partial charge in [-0.2, -0.15) is 0 Å². The maximum Gasteiger partial charge on any atom is 0.335 e. The monoisotopic (exact) mass is 309 g/mol. The van der Waals surface area contributed by atoms with Crippen molar-refractivity contribution >= 4 is 11.7 Å². The fourth-order valence-electron chi connectivity index (χ4n) is 2.16. The van der Waals surface area contributed by atoms with Gasteiger partial charge in [0.05, 0.1) is 5.56 Å². The molecule has 1 aliphatic heterocycles. The minimum absolute atomic E-state index is 0.150. The fourth-order valence-corrected chi connectivity index (χ4v) is 2.16. The van der Waals surface area contributed by atoms with Crippen molar-refractivity contribution in [1.82, 2.24) is 0 Å². The molecule has 1 heterocycles. The van der Waals surface area contributed by atoms with Crippen LogP contribution in [0.5, 0.6) is 0 Å². The number of anilines is 1. The van der Waals surface area contributed by atoms with Crippen LogP contribution in [-0.4, -0.2) is 29.2 Å². The molecule has 2 atom stereocenters. The number of aryl methyl sites for hydroxylation is 1. The number of carboxylic acids is 1. The van der Waals surface area contributed by atoms with Gasteiger partial charge in [0.25, 0.3) is 0 Å². The first kappa shape index (κ1) is 16.7. The van der Waals surface area contributed by atoms with Crippen LogP contribution in [0, 0.1) is 12.8 Å². The quantitative estimate of drug-likeness (QED) is 0.832. The number of aromatic carboxylic acids is 1. The van der Waals surface area contributed by atoms with Crippen molar-refractivity contribution in [2.75, 3.05) is 5.32 Å². The summed E-state index contributed by atoms with van der Waals surface area (Å²) in [6.45, 7) is 9.45. The van der Waals surface area contributed by atoms with Gasteiger partial charge >= 0.3 is 5.97 Å². The van der Waals surface area contributed by atoms with Gasteiger partial charge in [0.2, 0.25) is 0 Å². The molecule has 2 unspecified atom stereocenters. The van der Waals surface area contributed by atoms with E-state index in [1.165, 1.54) is 0 Å². The molecular weight excluding hydrogens is 286 g/mol. The second kappa shape index (κ2) is 6.24. The number of carbonyl (C=O) groups is 1. The largest absolute Gasteiger partial charge is 0.478 e. The van der Waals surface area contributed by atoms with Crippen LogP contribution in [0.25, 0.3) is 0 Å². The molecule has 22 heavy (non-hydrogen) atoms. The molecule has 0 amide bonds. The van der Waals surface area contributed by atoms with Gasteiger partial charge in [-0.25, -0.2) is 14.6 Å². The molecular formula is C16H23NO5. The van der Waals surface area contributed by atoms with Gasteiger partial charge in [0.15, 0.2) is 12.5 Å². The highest BCUT2D eigenvalue weighted by Gasteiger charge is 2.41. The summed E-state index contributed by atoms with van der Waals surface area (Å²) in [5, 5.41) is 12.3. The number of ether oxygens (including phenoxy) is 1. The van der Waals surface area contributed by atoms with E-state index in [0.29, 0.717) is 5.56 Å². The third kappa shape index (κ3) is 3.58. The molecule has 1 aromatic carbocycles. The maximum absolute atomic E-state index is 11.1. The highest BCUT2D eigenvalue weighted by molar-refractivity contribution is 5.89. The van der Waals surface area contributed by atoms with Crippen molar-refractivity contribution in [3.63, 3.8) is 0 Å². The Morgan fingerprint density at radius 3 is 2.59 bits per heavy atom. The second-order valence-electron chi connectivity index (χ2n) is 6.39. The van der Waals surface area contributed by atoms with Crippen LogP contribution in [0.1, 0.15) is 43.6 Å². The van der Waals surface area contributed by atoms with Crippen molar-refractivity contribution in [2.45, 2.75) is 52.7 Å². The van der Waals surface area contributed by atoms with Gasteiger partial charge in [-0.05, 0) is 44.5 Å². The van der Waals surface area contributed by atoms with Crippen molar-refractivity contribution < 1.29 is 24.4 Å². The Morgan fingerprint density at radius 2 is 2.05 bits per heavy atom. The Balaban J connectivity index is 2.16. The summed E-state index contributed by atoms with van der Waals surface area (Å²) in [6.07, 6.45) is -0.867. The Morgan fingerprint density at radius 1 is 1.36 bits per heavy atom. The van der Waals surface area contributed by atoms with Crippen LogP contribution in [-0.2, 0) is 14.5 Å². The fraction of sp³-hybridized carbons (Fsp3) is 0.562. The highest BCUT2D eigenvalue weighted by atomic mass is 17.2. The number of nitrogens with one attached hydrogen (secondary N) is 1. The zero-order valence-corrected chi connectivity index (χ0v) is 13.5. The summed E-state index contributed by atoms with van der Waals surface area (Å²) in [5.74, 6) is -0.786. The van der Waals surface area contributed by atoms with Crippen molar-refractivity contribution in [3.05, 3.63) is 29.3 Å². The predicted octanol–water partition coefficient (Wildman–Crippen LogP) is 3.17. The van der Waals surface area contributed by atoms with Crippen LogP contribution < -0.4 is 5.32 Å². The molecule has 6 nitrogen and oxygen atoms in total. The Labute approximate surface area is 130 Å². The molecule has 1 saturated heterocycles. The smallest absolute Gasteiger partial charge is 0.335 e. The lowest BCUT2D eigenvalue weighted by atomic mass is 10.0. The van der Waals surface area contributed by atoms with E-state index in [1.54, 1.807) is 25.1 Å². The highest BCUT2D eigenvalue weighted by Crippen LogP contribution is 2.30. The topological polar surface area (TPSA) is 77.0 Å². The molecule has 2 N–H and O–H groups in total. The van der Waals surface area contributed by atoms with Gasteiger partial charge < -0.3 is 15.2 Å². The summed E-state index contributed by atoms with van der Waals surface area (Å²) in [6, 6.07) is 5.07. The summed E-state index contributed by atoms with van der Waals surface area (Å²) >= 11 is 0. The Bertz CT molecular complexity index is 555. The predicted molar refractivity (Wildman–Crippen MR) is 81.5 cm³/mol. The first-order chi connectivity index (χ1) is 10.2. The van der Waals surface area contributed by atoms with Gasteiger partial charge in [0, 0.05) is 11.6 Å². The van der Waals surface area contributed by atoms with Crippen LogP contribution in [0.3, 0.4) is 0 Å².